The monoisotopic (exact) mass is 715 g/mol. The van der Waals surface area contributed by atoms with Gasteiger partial charge < -0.3 is 10.1 Å². The number of halogens is 2. The van der Waals surface area contributed by atoms with Gasteiger partial charge in [0.05, 0.1) is 7.11 Å². The van der Waals surface area contributed by atoms with Gasteiger partial charge in [-0.2, -0.15) is 9.32 Å². The molecular formula is C36H35F2N7O5S. The number of nitrogens with zero attached hydrogens (tertiary/aromatic N) is 6. The number of anilines is 1. The van der Waals surface area contributed by atoms with Gasteiger partial charge in [-0.25, -0.2) is 28.6 Å². The Morgan fingerprint density at radius 1 is 0.804 bits per heavy atom. The van der Waals surface area contributed by atoms with Gasteiger partial charge >= 0.3 is 0 Å². The molecule has 6 aromatic rings. The van der Waals surface area contributed by atoms with Crippen molar-refractivity contribution in [3.63, 3.8) is 0 Å². The highest BCUT2D eigenvalue weighted by atomic mass is 32.2. The van der Waals surface area contributed by atoms with Gasteiger partial charge in [0, 0.05) is 80.5 Å². The highest BCUT2D eigenvalue weighted by molar-refractivity contribution is 7.94. The van der Waals surface area contributed by atoms with E-state index in [4.69, 9.17) is 9.07 Å². The molecule has 1 N–H and O–H groups in total. The Kier molecular flexibility index (Phi) is 11.4. The van der Waals surface area contributed by atoms with E-state index in [1.807, 2.05) is 0 Å². The Hall–Kier alpha value is -5.09. The third-order valence-electron chi connectivity index (χ3n) is 8.43. The van der Waals surface area contributed by atoms with E-state index in [2.05, 4.69) is 30.1 Å². The maximum atomic E-state index is 13.9. The highest BCUT2D eigenvalue weighted by Crippen LogP contribution is 2.20. The molecule has 2 aromatic carbocycles. The van der Waals surface area contributed by atoms with Crippen molar-refractivity contribution in [2.75, 3.05) is 25.6 Å². The molecule has 1 saturated heterocycles. The first-order chi connectivity index (χ1) is 24.7. The van der Waals surface area contributed by atoms with Crippen LogP contribution >= 0.6 is 12.0 Å². The number of hydrogen-bond acceptors (Lipinski definition) is 11. The molecule has 12 nitrogen and oxygen atoms in total. The van der Waals surface area contributed by atoms with E-state index in [9.17, 15) is 18.4 Å². The number of nitrogens with one attached hydrogen (secondary N) is 1. The average molecular weight is 716 g/mol. The van der Waals surface area contributed by atoms with Gasteiger partial charge in [0.25, 0.3) is 11.1 Å². The summed E-state index contributed by atoms with van der Waals surface area (Å²) in [4.78, 5) is 47.1. The van der Waals surface area contributed by atoms with Crippen molar-refractivity contribution in [1.82, 2.24) is 29.1 Å². The van der Waals surface area contributed by atoms with Crippen LogP contribution in [0.2, 0.25) is 0 Å². The Morgan fingerprint density at radius 2 is 1.33 bits per heavy atom. The van der Waals surface area contributed by atoms with E-state index in [0.717, 1.165) is 43.5 Å². The normalized spacial score (nSPS) is 13.3. The summed E-state index contributed by atoms with van der Waals surface area (Å²) in [7, 11) is 4.67. The molecule has 0 spiro atoms. The molecule has 0 amide bonds. The minimum Gasteiger partial charge on any atom is -0.381 e. The average Bonchev–Trinajstić information content (AvgIpc) is 3.14. The molecule has 0 aliphatic carbocycles. The lowest BCUT2D eigenvalue weighted by atomic mass is 10.0. The van der Waals surface area contributed by atoms with E-state index in [1.165, 1.54) is 28.4 Å². The number of pyridine rings is 2. The predicted octanol–water partition coefficient (Wildman–Crippen LogP) is 5.29. The SMILES string of the molecule is COOSc1ncc2cc(Cc3ccccc3F)c(=O)n(C)c2n1.Cn1c(=O)c(Cc2ccccc2F)cc2cnc(NC3CCOCC3)nc21. The molecule has 264 valence electrons. The second-order valence-electron chi connectivity index (χ2n) is 11.9. The van der Waals surface area contributed by atoms with Crippen LogP contribution in [0.3, 0.4) is 0 Å². The summed E-state index contributed by atoms with van der Waals surface area (Å²) in [6.45, 7) is 1.45. The summed E-state index contributed by atoms with van der Waals surface area (Å²) in [6.07, 6.45) is 5.54. The zero-order valence-corrected chi connectivity index (χ0v) is 29.0. The molecule has 0 unspecified atom stereocenters. The van der Waals surface area contributed by atoms with Crippen molar-refractivity contribution in [3.8, 4) is 0 Å². The number of fused-ring (bicyclic) bond motifs is 2. The van der Waals surface area contributed by atoms with E-state index < -0.39 is 0 Å². The fraction of sp³-hybridized carbons (Fsp3) is 0.278. The van der Waals surface area contributed by atoms with Crippen LogP contribution in [0.5, 0.6) is 0 Å². The fourth-order valence-corrected chi connectivity index (χ4v) is 6.11. The molecule has 0 radical (unpaired) electrons. The Balaban J connectivity index is 0.000000177. The molecule has 4 aromatic heterocycles. The molecule has 7 rings (SSSR count). The minimum atomic E-state index is -0.334. The van der Waals surface area contributed by atoms with Gasteiger partial charge in [-0.3, -0.25) is 18.7 Å². The van der Waals surface area contributed by atoms with Crippen LogP contribution in [0.15, 0.2) is 87.8 Å². The number of aromatic nitrogens is 6. The summed E-state index contributed by atoms with van der Waals surface area (Å²) >= 11 is 0.849. The lowest BCUT2D eigenvalue weighted by molar-refractivity contribution is -0.160. The number of ether oxygens (including phenoxy) is 1. The van der Waals surface area contributed by atoms with Gasteiger partial charge in [0.2, 0.25) is 11.1 Å². The van der Waals surface area contributed by atoms with E-state index in [-0.39, 0.29) is 41.6 Å². The van der Waals surface area contributed by atoms with Crippen LogP contribution in [0.1, 0.15) is 35.1 Å². The van der Waals surface area contributed by atoms with E-state index in [0.29, 0.717) is 50.0 Å². The van der Waals surface area contributed by atoms with Crippen molar-refractivity contribution < 1.29 is 22.7 Å². The lowest BCUT2D eigenvalue weighted by Gasteiger charge is -2.23. The molecule has 0 bridgehead atoms. The number of hydrogen-bond donors (Lipinski definition) is 1. The lowest BCUT2D eigenvalue weighted by Crippen LogP contribution is -2.29. The first-order valence-electron chi connectivity index (χ1n) is 16.1. The summed E-state index contributed by atoms with van der Waals surface area (Å²) in [5.41, 5.74) is 2.57. The standard InChI is InChI=1S/C20H21FN4O2.C16H14FN3O3S/c1-25-18-15(12-22-20(24-18)23-16-6-8-27-9-7-16)11-14(19(25)26)10-13-4-2-3-5-17(13)21;1-20-14-12(9-18-16(19-14)24-23-22-2)8-11(15(20)21)7-10-5-3-4-6-13(10)17/h2-5,11-12,16H,6-10H2,1H3,(H,22,23,24);3-6,8-9H,7H2,1-2H3. The summed E-state index contributed by atoms with van der Waals surface area (Å²) < 4.78 is 40.8. The Labute approximate surface area is 295 Å². The predicted molar refractivity (Wildman–Crippen MR) is 189 cm³/mol. The van der Waals surface area contributed by atoms with Gasteiger partial charge in [-0.15, -0.1) is 0 Å². The maximum Gasteiger partial charge on any atom is 0.255 e. The maximum absolute atomic E-state index is 13.9. The molecule has 0 saturated carbocycles. The van der Waals surface area contributed by atoms with Crippen LogP contribution < -0.4 is 16.4 Å². The zero-order valence-electron chi connectivity index (χ0n) is 28.1. The largest absolute Gasteiger partial charge is 0.381 e. The highest BCUT2D eigenvalue weighted by Gasteiger charge is 2.17. The number of aryl methyl sites for hydroxylation is 2. The van der Waals surface area contributed by atoms with Crippen LogP contribution in [-0.4, -0.2) is 55.4 Å². The molecule has 51 heavy (non-hydrogen) atoms. The number of benzene rings is 2. The third-order valence-corrected chi connectivity index (χ3v) is 8.98. The zero-order chi connectivity index (χ0) is 35.9. The van der Waals surface area contributed by atoms with Crippen LogP contribution in [0.4, 0.5) is 14.7 Å². The Bertz CT molecular complexity index is 2300. The van der Waals surface area contributed by atoms with E-state index in [1.54, 1.807) is 75.0 Å². The Morgan fingerprint density at radius 3 is 1.88 bits per heavy atom. The van der Waals surface area contributed by atoms with Crippen molar-refractivity contribution >= 4 is 40.1 Å². The molecule has 1 aliphatic heterocycles. The van der Waals surface area contributed by atoms with Crippen molar-refractivity contribution in [1.29, 1.82) is 0 Å². The van der Waals surface area contributed by atoms with Crippen molar-refractivity contribution in [2.45, 2.75) is 36.9 Å². The van der Waals surface area contributed by atoms with Gasteiger partial charge in [-0.05, 0) is 48.2 Å². The van der Waals surface area contributed by atoms with Crippen LogP contribution in [-0.2, 0) is 40.9 Å². The first-order valence-corrected chi connectivity index (χ1v) is 16.9. The molecule has 5 heterocycles. The van der Waals surface area contributed by atoms with Crippen molar-refractivity contribution in [3.05, 3.63) is 128 Å². The smallest absolute Gasteiger partial charge is 0.255 e. The second kappa shape index (κ2) is 16.3. The van der Waals surface area contributed by atoms with Crippen LogP contribution in [0, 0.1) is 11.6 Å². The topological polar surface area (TPSA) is 135 Å². The molecular weight excluding hydrogens is 681 g/mol. The van der Waals surface area contributed by atoms with Gasteiger partial charge in [0.15, 0.2) is 0 Å². The fourth-order valence-electron chi connectivity index (χ4n) is 5.76. The molecule has 15 heteroatoms. The van der Waals surface area contributed by atoms with Crippen LogP contribution in [0.25, 0.3) is 22.1 Å². The summed E-state index contributed by atoms with van der Waals surface area (Å²) in [5, 5.41) is 5.07. The van der Waals surface area contributed by atoms with E-state index >= 15 is 0 Å². The number of rotatable bonds is 9. The molecule has 1 aliphatic rings. The summed E-state index contributed by atoms with van der Waals surface area (Å²) in [5.74, 6) is -0.141. The van der Waals surface area contributed by atoms with Gasteiger partial charge in [0.1, 0.15) is 35.0 Å². The van der Waals surface area contributed by atoms with Gasteiger partial charge in [-0.1, -0.05) is 36.4 Å². The first kappa shape index (κ1) is 35.7. The minimum absolute atomic E-state index is 0.179. The molecule has 1 fully saturated rings. The third kappa shape index (κ3) is 8.45. The summed E-state index contributed by atoms with van der Waals surface area (Å²) in [6, 6.07) is 16.6. The second-order valence-corrected chi connectivity index (χ2v) is 12.5. The van der Waals surface area contributed by atoms with Crippen molar-refractivity contribution in [2.24, 2.45) is 14.1 Å². The molecule has 0 atom stereocenters. The quantitative estimate of drug-likeness (QED) is 0.0906.